The van der Waals surface area contributed by atoms with Gasteiger partial charge < -0.3 is 10.2 Å². The van der Waals surface area contributed by atoms with E-state index in [1.165, 1.54) is 11.9 Å². The van der Waals surface area contributed by atoms with Gasteiger partial charge in [0.05, 0.1) is 11.5 Å². The molecule has 7 heteroatoms. The molecule has 4 nitrogen and oxygen atoms in total. The highest BCUT2D eigenvalue weighted by atomic mass is 35.5. The van der Waals surface area contributed by atoms with Crippen LogP contribution >= 0.6 is 11.6 Å². The number of hydrogen-bond donors (Lipinski definition) is 1. The zero-order valence-electron chi connectivity index (χ0n) is 11.5. The molecule has 0 aromatic heterocycles. The molecule has 1 aliphatic heterocycles. The molecular weight excluding hydrogens is 302 g/mol. The van der Waals surface area contributed by atoms with Gasteiger partial charge in [0.25, 0.3) is 5.91 Å². The predicted molar refractivity (Wildman–Crippen MR) is 74.1 cm³/mol. The number of benzene rings is 1. The number of nitrogens with zero attached hydrogens (tertiary/aromatic N) is 1. The molecule has 0 bridgehead atoms. The first-order chi connectivity index (χ1) is 9.95. The first-order valence-electron chi connectivity index (χ1n) is 6.60. The van der Waals surface area contributed by atoms with Gasteiger partial charge in [-0.3, -0.25) is 9.59 Å². The van der Waals surface area contributed by atoms with E-state index in [4.69, 9.17) is 11.6 Å². The minimum absolute atomic E-state index is 0.148. The van der Waals surface area contributed by atoms with Crippen molar-refractivity contribution in [1.82, 2.24) is 10.2 Å². The lowest BCUT2D eigenvalue weighted by Gasteiger charge is -2.32. The van der Waals surface area contributed by atoms with Crippen LogP contribution in [0.4, 0.5) is 8.78 Å². The minimum Gasteiger partial charge on any atom is -0.359 e. The van der Waals surface area contributed by atoms with E-state index in [9.17, 15) is 18.4 Å². The van der Waals surface area contributed by atoms with Crippen molar-refractivity contribution in [3.05, 3.63) is 34.4 Å². The van der Waals surface area contributed by atoms with Crippen molar-refractivity contribution in [2.24, 2.45) is 5.92 Å². The molecule has 1 N–H and O–H groups in total. The second-order valence-corrected chi connectivity index (χ2v) is 5.31. The third-order valence-corrected chi connectivity index (χ3v) is 3.94. The summed E-state index contributed by atoms with van der Waals surface area (Å²) < 4.78 is 27.0. The Bertz CT molecular complexity index is 580. The zero-order valence-corrected chi connectivity index (χ0v) is 12.2. The Hall–Kier alpha value is -1.69. The van der Waals surface area contributed by atoms with Crippen molar-refractivity contribution >= 4 is 23.4 Å². The summed E-state index contributed by atoms with van der Waals surface area (Å²) in [5.41, 5.74) is -0.279. The van der Waals surface area contributed by atoms with Crippen LogP contribution in [0.25, 0.3) is 0 Å². The van der Waals surface area contributed by atoms with Gasteiger partial charge in [-0.25, -0.2) is 8.78 Å². The topological polar surface area (TPSA) is 49.4 Å². The maximum Gasteiger partial charge on any atom is 0.256 e. The largest absolute Gasteiger partial charge is 0.359 e. The summed E-state index contributed by atoms with van der Waals surface area (Å²) >= 11 is 5.48. The van der Waals surface area contributed by atoms with Gasteiger partial charge in [0.2, 0.25) is 5.91 Å². The third kappa shape index (κ3) is 3.15. The van der Waals surface area contributed by atoms with E-state index < -0.39 is 22.6 Å². The van der Waals surface area contributed by atoms with Crippen molar-refractivity contribution < 1.29 is 18.4 Å². The summed E-state index contributed by atoms with van der Waals surface area (Å²) in [6.45, 7) is 0.647. The van der Waals surface area contributed by atoms with Crippen LogP contribution in [0.2, 0.25) is 5.02 Å². The Kier molecular flexibility index (Phi) is 4.77. The highest BCUT2D eigenvalue weighted by molar-refractivity contribution is 6.31. The Morgan fingerprint density at radius 2 is 2.10 bits per heavy atom. The molecule has 1 saturated heterocycles. The Labute approximate surface area is 126 Å². The fourth-order valence-corrected chi connectivity index (χ4v) is 2.61. The van der Waals surface area contributed by atoms with Crippen LogP contribution in [-0.2, 0) is 4.79 Å². The van der Waals surface area contributed by atoms with Gasteiger partial charge in [-0.15, -0.1) is 0 Å². The molecular formula is C14H15ClF2N2O2. The number of carbonyl (C=O) groups is 2. The number of piperidine rings is 1. The molecule has 0 saturated carbocycles. The van der Waals surface area contributed by atoms with Crippen LogP contribution in [0.1, 0.15) is 23.2 Å². The first kappa shape index (κ1) is 15.7. The SMILES string of the molecule is CNC(=O)[C@@H]1CCCN(C(=O)c2ccc(F)c(Cl)c2F)C1. The van der Waals surface area contributed by atoms with Crippen molar-refractivity contribution in [2.45, 2.75) is 12.8 Å². The van der Waals surface area contributed by atoms with E-state index in [1.54, 1.807) is 0 Å². The van der Waals surface area contributed by atoms with Gasteiger partial charge in [0.15, 0.2) is 5.82 Å². The van der Waals surface area contributed by atoms with Crippen LogP contribution in [0.3, 0.4) is 0 Å². The maximum absolute atomic E-state index is 13.9. The lowest BCUT2D eigenvalue weighted by Crippen LogP contribution is -2.45. The Balaban J connectivity index is 2.20. The number of amides is 2. The van der Waals surface area contributed by atoms with Crippen molar-refractivity contribution in [3.63, 3.8) is 0 Å². The predicted octanol–water partition coefficient (Wildman–Crippen LogP) is 2.22. The highest BCUT2D eigenvalue weighted by Gasteiger charge is 2.30. The van der Waals surface area contributed by atoms with Crippen molar-refractivity contribution in [3.8, 4) is 0 Å². The number of carbonyl (C=O) groups excluding carboxylic acids is 2. The van der Waals surface area contributed by atoms with E-state index in [0.717, 1.165) is 12.1 Å². The van der Waals surface area contributed by atoms with E-state index in [-0.39, 0.29) is 23.9 Å². The summed E-state index contributed by atoms with van der Waals surface area (Å²) in [6, 6.07) is 2.03. The molecule has 2 amide bonds. The monoisotopic (exact) mass is 316 g/mol. The van der Waals surface area contributed by atoms with Crippen molar-refractivity contribution in [1.29, 1.82) is 0 Å². The standard InChI is InChI=1S/C14H15ClF2N2O2/c1-18-13(20)8-3-2-6-19(7-8)14(21)9-4-5-10(16)11(15)12(9)17/h4-5,8H,2-3,6-7H2,1H3,(H,18,20)/t8-/m1/s1. The van der Waals surface area contributed by atoms with Gasteiger partial charge in [-0.2, -0.15) is 0 Å². The van der Waals surface area contributed by atoms with Gasteiger partial charge in [-0.05, 0) is 25.0 Å². The fourth-order valence-electron chi connectivity index (χ4n) is 2.44. The van der Waals surface area contributed by atoms with E-state index >= 15 is 0 Å². The molecule has 1 heterocycles. The quantitative estimate of drug-likeness (QED) is 0.851. The van der Waals surface area contributed by atoms with Gasteiger partial charge in [0, 0.05) is 20.1 Å². The first-order valence-corrected chi connectivity index (χ1v) is 6.98. The van der Waals surface area contributed by atoms with Crippen LogP contribution in [-0.4, -0.2) is 36.9 Å². The molecule has 0 radical (unpaired) electrons. The van der Waals surface area contributed by atoms with E-state index in [1.807, 2.05) is 0 Å². The van der Waals surface area contributed by atoms with Crippen LogP contribution in [0, 0.1) is 17.6 Å². The summed E-state index contributed by atoms with van der Waals surface area (Å²) in [7, 11) is 1.53. The molecule has 1 fully saturated rings. The van der Waals surface area contributed by atoms with Crippen LogP contribution in [0.5, 0.6) is 0 Å². The molecule has 1 atom stereocenters. The molecule has 21 heavy (non-hydrogen) atoms. The maximum atomic E-state index is 13.9. The molecule has 1 aromatic carbocycles. The third-order valence-electron chi connectivity index (χ3n) is 3.59. The smallest absolute Gasteiger partial charge is 0.256 e. The summed E-state index contributed by atoms with van der Waals surface area (Å²) in [6.07, 6.45) is 1.33. The average molecular weight is 317 g/mol. The number of nitrogens with one attached hydrogen (secondary N) is 1. The Morgan fingerprint density at radius 3 is 2.76 bits per heavy atom. The van der Waals surface area contributed by atoms with E-state index in [2.05, 4.69) is 5.32 Å². The van der Waals surface area contributed by atoms with E-state index in [0.29, 0.717) is 19.4 Å². The second-order valence-electron chi connectivity index (χ2n) is 4.93. The highest BCUT2D eigenvalue weighted by Crippen LogP contribution is 2.25. The minimum atomic E-state index is -1.07. The number of rotatable bonds is 2. The fraction of sp³-hybridized carbons (Fsp3) is 0.429. The van der Waals surface area contributed by atoms with Crippen LogP contribution < -0.4 is 5.32 Å². The molecule has 2 rings (SSSR count). The second kappa shape index (κ2) is 6.39. The summed E-state index contributed by atoms with van der Waals surface area (Å²) in [5.74, 6) is -3.02. The number of likely N-dealkylation sites (tertiary alicyclic amines) is 1. The molecule has 1 aliphatic rings. The molecule has 114 valence electrons. The lowest BCUT2D eigenvalue weighted by molar-refractivity contribution is -0.125. The average Bonchev–Trinajstić information content (AvgIpc) is 2.51. The normalized spacial score (nSPS) is 18.5. The Morgan fingerprint density at radius 1 is 1.38 bits per heavy atom. The summed E-state index contributed by atoms with van der Waals surface area (Å²) in [4.78, 5) is 25.4. The lowest BCUT2D eigenvalue weighted by atomic mass is 9.96. The molecule has 0 unspecified atom stereocenters. The number of halogens is 3. The molecule has 1 aromatic rings. The molecule has 0 aliphatic carbocycles. The van der Waals surface area contributed by atoms with Crippen molar-refractivity contribution in [2.75, 3.05) is 20.1 Å². The van der Waals surface area contributed by atoms with Gasteiger partial charge in [0.1, 0.15) is 10.8 Å². The zero-order chi connectivity index (χ0) is 15.6. The molecule has 0 spiro atoms. The number of hydrogen-bond acceptors (Lipinski definition) is 2. The van der Waals surface area contributed by atoms with Gasteiger partial charge >= 0.3 is 0 Å². The van der Waals surface area contributed by atoms with Gasteiger partial charge in [-0.1, -0.05) is 11.6 Å². The summed E-state index contributed by atoms with van der Waals surface area (Å²) in [5, 5.41) is 1.85. The van der Waals surface area contributed by atoms with Crippen LogP contribution in [0.15, 0.2) is 12.1 Å².